The summed E-state index contributed by atoms with van der Waals surface area (Å²) in [7, 11) is 0. The van der Waals surface area contributed by atoms with Crippen LogP contribution in [0.25, 0.3) is 16.7 Å². The van der Waals surface area contributed by atoms with Crippen LogP contribution in [0.4, 0.5) is 5.82 Å². The summed E-state index contributed by atoms with van der Waals surface area (Å²) in [5.74, 6) is 0.766. The predicted octanol–water partition coefficient (Wildman–Crippen LogP) is 1.75. The highest BCUT2D eigenvalue weighted by Crippen LogP contribution is 2.21. The molecule has 0 amide bonds. The standard InChI is InChI=1S/C15H18N6/c1-2-11-3-5-12(6-4-11)21-15-13(9-20-21)14(17-8-7-16)18-10-19-15/h3-6,9-10H,2,7-8,16H2,1H3,(H,17,18,19). The van der Waals surface area contributed by atoms with Crippen LogP contribution in [-0.4, -0.2) is 32.8 Å². The Kier molecular flexibility index (Phi) is 3.79. The molecule has 0 aliphatic carbocycles. The first-order valence-corrected chi connectivity index (χ1v) is 7.05. The Morgan fingerprint density at radius 2 is 2.00 bits per heavy atom. The van der Waals surface area contributed by atoms with Crippen LogP contribution in [0.2, 0.25) is 0 Å². The summed E-state index contributed by atoms with van der Waals surface area (Å²) in [6.07, 6.45) is 4.34. The zero-order chi connectivity index (χ0) is 14.7. The molecule has 6 heteroatoms. The third kappa shape index (κ3) is 2.57. The van der Waals surface area contributed by atoms with E-state index in [2.05, 4.69) is 51.6 Å². The maximum atomic E-state index is 5.52. The number of rotatable bonds is 5. The van der Waals surface area contributed by atoms with Crippen LogP contribution < -0.4 is 11.1 Å². The van der Waals surface area contributed by atoms with Gasteiger partial charge in [-0.2, -0.15) is 5.10 Å². The Morgan fingerprint density at radius 3 is 2.71 bits per heavy atom. The molecule has 2 heterocycles. The molecule has 0 aliphatic heterocycles. The van der Waals surface area contributed by atoms with E-state index in [1.165, 1.54) is 5.56 Å². The molecule has 0 atom stereocenters. The van der Waals surface area contributed by atoms with Gasteiger partial charge in [0.2, 0.25) is 0 Å². The van der Waals surface area contributed by atoms with Crippen molar-refractivity contribution in [3.05, 3.63) is 42.4 Å². The van der Waals surface area contributed by atoms with Gasteiger partial charge in [-0.15, -0.1) is 0 Å². The third-order valence-electron chi connectivity index (χ3n) is 3.39. The number of aryl methyl sites for hydroxylation is 1. The molecule has 6 nitrogen and oxygen atoms in total. The molecule has 0 aliphatic rings. The van der Waals surface area contributed by atoms with E-state index in [-0.39, 0.29) is 0 Å². The first-order valence-electron chi connectivity index (χ1n) is 7.05. The van der Waals surface area contributed by atoms with E-state index in [9.17, 15) is 0 Å². The van der Waals surface area contributed by atoms with E-state index in [0.717, 1.165) is 29.0 Å². The summed E-state index contributed by atoms with van der Waals surface area (Å²) < 4.78 is 1.82. The van der Waals surface area contributed by atoms with Crippen molar-refractivity contribution in [1.82, 2.24) is 19.7 Å². The first kappa shape index (κ1) is 13.5. The molecule has 3 rings (SSSR count). The van der Waals surface area contributed by atoms with E-state index in [1.54, 1.807) is 12.5 Å². The van der Waals surface area contributed by atoms with Gasteiger partial charge in [-0.3, -0.25) is 0 Å². The summed E-state index contributed by atoms with van der Waals surface area (Å²) in [5, 5.41) is 8.52. The smallest absolute Gasteiger partial charge is 0.168 e. The second kappa shape index (κ2) is 5.88. The monoisotopic (exact) mass is 282 g/mol. The molecule has 0 bridgehead atoms. The van der Waals surface area contributed by atoms with Gasteiger partial charge < -0.3 is 11.1 Å². The van der Waals surface area contributed by atoms with E-state index in [0.29, 0.717) is 13.1 Å². The maximum Gasteiger partial charge on any atom is 0.168 e. The number of hydrogen-bond acceptors (Lipinski definition) is 5. The molecule has 3 N–H and O–H groups in total. The van der Waals surface area contributed by atoms with Crippen LogP contribution in [0.5, 0.6) is 0 Å². The maximum absolute atomic E-state index is 5.52. The van der Waals surface area contributed by atoms with Crippen molar-refractivity contribution >= 4 is 16.9 Å². The van der Waals surface area contributed by atoms with Crippen LogP contribution in [0.3, 0.4) is 0 Å². The Morgan fingerprint density at radius 1 is 1.19 bits per heavy atom. The molecule has 2 aromatic heterocycles. The quantitative estimate of drug-likeness (QED) is 0.745. The van der Waals surface area contributed by atoms with E-state index in [4.69, 9.17) is 5.73 Å². The molecule has 0 unspecified atom stereocenters. The van der Waals surface area contributed by atoms with Crippen molar-refractivity contribution in [2.45, 2.75) is 13.3 Å². The number of fused-ring (bicyclic) bond motifs is 1. The fraction of sp³-hybridized carbons (Fsp3) is 0.267. The van der Waals surface area contributed by atoms with Crippen molar-refractivity contribution in [2.75, 3.05) is 18.4 Å². The molecule has 1 aromatic carbocycles. The second-order valence-electron chi connectivity index (χ2n) is 4.75. The number of benzene rings is 1. The minimum atomic E-state index is 0.554. The highest BCUT2D eigenvalue weighted by atomic mass is 15.3. The van der Waals surface area contributed by atoms with Crippen molar-refractivity contribution in [3.8, 4) is 5.69 Å². The Balaban J connectivity index is 2.03. The van der Waals surface area contributed by atoms with E-state index < -0.39 is 0 Å². The lowest BCUT2D eigenvalue weighted by molar-refractivity contribution is 0.893. The molecule has 0 spiro atoms. The SMILES string of the molecule is CCc1ccc(-n2ncc3c(NCCN)ncnc32)cc1. The summed E-state index contributed by atoms with van der Waals surface area (Å²) in [6.45, 7) is 3.36. The lowest BCUT2D eigenvalue weighted by Gasteiger charge is -2.06. The number of nitrogens with zero attached hydrogens (tertiary/aromatic N) is 4. The predicted molar refractivity (Wildman–Crippen MR) is 83.6 cm³/mol. The van der Waals surface area contributed by atoms with Crippen LogP contribution in [-0.2, 0) is 6.42 Å². The minimum absolute atomic E-state index is 0.554. The largest absolute Gasteiger partial charge is 0.368 e. The van der Waals surface area contributed by atoms with Crippen LogP contribution in [0.15, 0.2) is 36.8 Å². The molecule has 0 saturated heterocycles. The Labute approximate surface area is 123 Å². The van der Waals surface area contributed by atoms with Crippen molar-refractivity contribution < 1.29 is 0 Å². The average molecular weight is 282 g/mol. The number of nitrogens with two attached hydrogens (primary N) is 1. The molecule has 0 saturated carbocycles. The van der Waals surface area contributed by atoms with Crippen LogP contribution in [0.1, 0.15) is 12.5 Å². The number of nitrogens with one attached hydrogen (secondary N) is 1. The Hall–Kier alpha value is -2.47. The summed E-state index contributed by atoms with van der Waals surface area (Å²) in [4.78, 5) is 8.59. The zero-order valence-corrected chi connectivity index (χ0v) is 12.0. The molecule has 108 valence electrons. The van der Waals surface area contributed by atoms with Crippen LogP contribution in [0, 0.1) is 0 Å². The third-order valence-corrected chi connectivity index (χ3v) is 3.39. The second-order valence-corrected chi connectivity index (χ2v) is 4.75. The number of anilines is 1. The zero-order valence-electron chi connectivity index (χ0n) is 12.0. The first-order chi connectivity index (χ1) is 10.3. The van der Waals surface area contributed by atoms with Gasteiger partial charge in [0, 0.05) is 13.1 Å². The van der Waals surface area contributed by atoms with Crippen molar-refractivity contribution in [2.24, 2.45) is 5.73 Å². The fourth-order valence-electron chi connectivity index (χ4n) is 2.24. The highest BCUT2D eigenvalue weighted by molar-refractivity contribution is 5.87. The average Bonchev–Trinajstić information content (AvgIpc) is 2.97. The van der Waals surface area contributed by atoms with E-state index >= 15 is 0 Å². The molecule has 0 fully saturated rings. The van der Waals surface area contributed by atoms with Crippen molar-refractivity contribution in [1.29, 1.82) is 0 Å². The number of aromatic nitrogens is 4. The normalized spacial score (nSPS) is 11.0. The van der Waals surface area contributed by atoms with Gasteiger partial charge in [-0.1, -0.05) is 19.1 Å². The lowest BCUT2D eigenvalue weighted by Crippen LogP contribution is -2.14. The molecular formula is C15H18N6. The van der Waals surface area contributed by atoms with E-state index in [1.807, 2.05) is 4.68 Å². The van der Waals surface area contributed by atoms with Gasteiger partial charge in [0.25, 0.3) is 0 Å². The van der Waals surface area contributed by atoms with Gasteiger partial charge in [0.15, 0.2) is 5.65 Å². The molecule has 21 heavy (non-hydrogen) atoms. The summed E-state index contributed by atoms with van der Waals surface area (Å²) >= 11 is 0. The minimum Gasteiger partial charge on any atom is -0.368 e. The number of hydrogen-bond donors (Lipinski definition) is 2. The fourth-order valence-corrected chi connectivity index (χ4v) is 2.24. The van der Waals surface area contributed by atoms with Gasteiger partial charge in [-0.05, 0) is 24.1 Å². The van der Waals surface area contributed by atoms with Crippen LogP contribution >= 0.6 is 0 Å². The Bertz CT molecular complexity index is 732. The van der Waals surface area contributed by atoms with Gasteiger partial charge in [-0.25, -0.2) is 14.6 Å². The topological polar surface area (TPSA) is 81.7 Å². The summed E-state index contributed by atoms with van der Waals surface area (Å²) in [6, 6.07) is 8.33. The molecule has 0 radical (unpaired) electrons. The molecule has 3 aromatic rings. The molecular weight excluding hydrogens is 264 g/mol. The van der Waals surface area contributed by atoms with Gasteiger partial charge in [0.05, 0.1) is 17.3 Å². The van der Waals surface area contributed by atoms with Crippen molar-refractivity contribution in [3.63, 3.8) is 0 Å². The highest BCUT2D eigenvalue weighted by Gasteiger charge is 2.10. The van der Waals surface area contributed by atoms with Gasteiger partial charge >= 0.3 is 0 Å². The van der Waals surface area contributed by atoms with Gasteiger partial charge in [0.1, 0.15) is 12.1 Å². The lowest BCUT2D eigenvalue weighted by atomic mass is 10.1. The summed E-state index contributed by atoms with van der Waals surface area (Å²) in [5.41, 5.74) is 8.60.